The molecule has 0 spiro atoms. The lowest BCUT2D eigenvalue weighted by Crippen LogP contribution is -2.34. The van der Waals surface area contributed by atoms with E-state index in [9.17, 15) is 33.0 Å². The molecule has 6 nitrogen and oxygen atoms in total. The molecule has 0 fully saturated rings. The number of phenols is 1. The van der Waals surface area contributed by atoms with Crippen molar-refractivity contribution >= 4 is 22.5 Å². The van der Waals surface area contributed by atoms with Crippen LogP contribution in [0.1, 0.15) is 15.9 Å². The second-order valence-corrected chi connectivity index (χ2v) is 6.17. The lowest BCUT2D eigenvalue weighted by molar-refractivity contribution is -0.137. The summed E-state index contributed by atoms with van der Waals surface area (Å²) in [5.41, 5.74) is -1.97. The molecule has 0 saturated carbocycles. The zero-order valence-electron chi connectivity index (χ0n) is 14.8. The standard InChI is InChI=1S/C19H15F3N2O4/c1-23(11-8-6-10(7-9-11)19(20,21)22)17(27)15-16(26)14-12(24(2)18(15)28)4-3-5-13(14)25/h3-9,25-26H,1-2H3. The molecule has 1 aromatic heterocycles. The minimum absolute atomic E-state index is 0.0752. The predicted molar refractivity (Wildman–Crippen MR) is 96.7 cm³/mol. The van der Waals surface area contributed by atoms with Crippen molar-refractivity contribution in [2.75, 3.05) is 11.9 Å². The number of anilines is 1. The van der Waals surface area contributed by atoms with Crippen molar-refractivity contribution in [3.8, 4) is 11.5 Å². The van der Waals surface area contributed by atoms with Crippen molar-refractivity contribution in [1.82, 2.24) is 4.57 Å². The number of hydrogen-bond acceptors (Lipinski definition) is 4. The van der Waals surface area contributed by atoms with E-state index in [2.05, 4.69) is 0 Å². The fourth-order valence-electron chi connectivity index (χ4n) is 2.91. The Morgan fingerprint density at radius 3 is 2.25 bits per heavy atom. The van der Waals surface area contributed by atoms with Crippen molar-refractivity contribution in [3.05, 3.63) is 63.9 Å². The molecule has 1 amide bonds. The normalized spacial score (nSPS) is 11.6. The quantitative estimate of drug-likeness (QED) is 0.702. The number of phenolic OH excluding ortho intramolecular Hbond substituents is 1. The molecule has 28 heavy (non-hydrogen) atoms. The van der Waals surface area contributed by atoms with Gasteiger partial charge in [0.2, 0.25) is 0 Å². The summed E-state index contributed by atoms with van der Waals surface area (Å²) in [6.45, 7) is 0. The van der Waals surface area contributed by atoms with E-state index in [1.807, 2.05) is 0 Å². The molecule has 0 bridgehead atoms. The minimum atomic E-state index is -4.52. The molecule has 9 heteroatoms. The van der Waals surface area contributed by atoms with Gasteiger partial charge in [0.1, 0.15) is 17.1 Å². The number of carbonyl (C=O) groups excluding carboxylic acids is 1. The highest BCUT2D eigenvalue weighted by atomic mass is 19.4. The van der Waals surface area contributed by atoms with Gasteiger partial charge in [-0.3, -0.25) is 9.59 Å². The topological polar surface area (TPSA) is 82.8 Å². The Kier molecular flexibility index (Phi) is 4.54. The van der Waals surface area contributed by atoms with Gasteiger partial charge in [0.05, 0.1) is 16.5 Å². The Balaban J connectivity index is 2.11. The average Bonchev–Trinajstić information content (AvgIpc) is 2.64. The highest BCUT2D eigenvalue weighted by Gasteiger charge is 2.31. The lowest BCUT2D eigenvalue weighted by Gasteiger charge is -2.20. The number of pyridine rings is 1. The number of carbonyl (C=O) groups is 1. The van der Waals surface area contributed by atoms with Gasteiger partial charge >= 0.3 is 6.18 Å². The molecule has 1 heterocycles. The number of fused-ring (bicyclic) bond motifs is 1. The predicted octanol–water partition coefficient (Wildman–Crippen LogP) is 3.25. The molecule has 146 valence electrons. The van der Waals surface area contributed by atoms with Gasteiger partial charge in [0.15, 0.2) is 0 Å². The SMILES string of the molecule is CN(C(=O)c1c(O)c2c(O)cccc2n(C)c1=O)c1ccc(C(F)(F)F)cc1. The number of hydrogen-bond donors (Lipinski definition) is 2. The maximum atomic E-state index is 12.8. The number of rotatable bonds is 2. The third kappa shape index (κ3) is 3.04. The van der Waals surface area contributed by atoms with Crippen LogP contribution in [0.3, 0.4) is 0 Å². The van der Waals surface area contributed by atoms with E-state index in [1.165, 1.54) is 32.3 Å². The van der Waals surface area contributed by atoms with E-state index in [4.69, 9.17) is 0 Å². The third-order valence-corrected chi connectivity index (χ3v) is 4.47. The zero-order valence-corrected chi connectivity index (χ0v) is 14.8. The van der Waals surface area contributed by atoms with E-state index >= 15 is 0 Å². The van der Waals surface area contributed by atoms with Crippen LogP contribution in [0.25, 0.3) is 10.9 Å². The van der Waals surface area contributed by atoms with Crippen LogP contribution in [0, 0.1) is 0 Å². The van der Waals surface area contributed by atoms with Gasteiger partial charge in [-0.15, -0.1) is 0 Å². The summed E-state index contributed by atoms with van der Waals surface area (Å²) < 4.78 is 39.2. The van der Waals surface area contributed by atoms with Gasteiger partial charge in [-0.05, 0) is 36.4 Å². The molecule has 3 rings (SSSR count). The Morgan fingerprint density at radius 2 is 1.68 bits per heavy atom. The number of benzene rings is 2. The second kappa shape index (κ2) is 6.59. The number of aromatic nitrogens is 1. The summed E-state index contributed by atoms with van der Waals surface area (Å²) >= 11 is 0. The first-order valence-corrected chi connectivity index (χ1v) is 8.03. The molecule has 2 N–H and O–H groups in total. The van der Waals surface area contributed by atoms with Crippen LogP contribution in [0.4, 0.5) is 18.9 Å². The van der Waals surface area contributed by atoms with E-state index in [0.29, 0.717) is 0 Å². The summed E-state index contributed by atoms with van der Waals surface area (Å²) in [4.78, 5) is 26.4. The summed E-state index contributed by atoms with van der Waals surface area (Å²) in [7, 11) is 2.64. The summed E-state index contributed by atoms with van der Waals surface area (Å²) in [6.07, 6.45) is -4.52. The molecule has 0 unspecified atom stereocenters. The maximum Gasteiger partial charge on any atom is 0.416 e. The van der Waals surface area contributed by atoms with E-state index in [0.717, 1.165) is 33.7 Å². The van der Waals surface area contributed by atoms with Crippen LogP contribution in [-0.2, 0) is 13.2 Å². The molecular formula is C19H15F3N2O4. The van der Waals surface area contributed by atoms with Gasteiger partial charge in [-0.1, -0.05) is 6.07 Å². The highest BCUT2D eigenvalue weighted by molar-refractivity contribution is 6.10. The van der Waals surface area contributed by atoms with E-state index in [-0.39, 0.29) is 22.3 Å². The number of nitrogens with zero attached hydrogens (tertiary/aromatic N) is 2. The van der Waals surface area contributed by atoms with E-state index < -0.39 is 34.5 Å². The summed E-state index contributed by atoms with van der Waals surface area (Å²) in [5, 5.41) is 20.4. The maximum absolute atomic E-state index is 12.8. The number of amides is 1. The van der Waals surface area contributed by atoms with Gasteiger partial charge in [0.25, 0.3) is 11.5 Å². The second-order valence-electron chi connectivity index (χ2n) is 6.17. The molecule has 0 aliphatic carbocycles. The first-order chi connectivity index (χ1) is 13.0. The Bertz CT molecular complexity index is 1140. The van der Waals surface area contributed by atoms with Gasteiger partial charge in [-0.25, -0.2) is 0 Å². The fourth-order valence-corrected chi connectivity index (χ4v) is 2.91. The number of aryl methyl sites for hydroxylation is 1. The number of halogens is 3. The molecule has 0 atom stereocenters. The van der Waals surface area contributed by atoms with Crippen LogP contribution in [0.2, 0.25) is 0 Å². The molecular weight excluding hydrogens is 377 g/mol. The Labute approximate surface area is 156 Å². The van der Waals surface area contributed by atoms with Crippen LogP contribution in [0.15, 0.2) is 47.3 Å². The van der Waals surface area contributed by atoms with Crippen LogP contribution < -0.4 is 10.5 Å². The zero-order chi connectivity index (χ0) is 20.8. The monoisotopic (exact) mass is 392 g/mol. The molecule has 3 aromatic rings. The first kappa shape index (κ1) is 19.3. The smallest absolute Gasteiger partial charge is 0.416 e. The van der Waals surface area contributed by atoms with Gasteiger partial charge < -0.3 is 19.7 Å². The Hall–Kier alpha value is -3.49. The van der Waals surface area contributed by atoms with Gasteiger partial charge in [0, 0.05) is 19.8 Å². The van der Waals surface area contributed by atoms with Crippen LogP contribution in [0.5, 0.6) is 11.5 Å². The molecule has 0 radical (unpaired) electrons. The lowest BCUT2D eigenvalue weighted by atomic mass is 10.1. The number of aromatic hydroxyl groups is 2. The van der Waals surface area contributed by atoms with Crippen molar-refractivity contribution in [3.63, 3.8) is 0 Å². The minimum Gasteiger partial charge on any atom is -0.507 e. The Morgan fingerprint density at radius 1 is 1.07 bits per heavy atom. The van der Waals surface area contributed by atoms with Gasteiger partial charge in [-0.2, -0.15) is 13.2 Å². The van der Waals surface area contributed by atoms with E-state index in [1.54, 1.807) is 0 Å². The van der Waals surface area contributed by atoms with Crippen molar-refractivity contribution < 1.29 is 28.2 Å². The summed E-state index contributed by atoms with van der Waals surface area (Å²) in [6, 6.07) is 8.05. The summed E-state index contributed by atoms with van der Waals surface area (Å²) in [5.74, 6) is -1.94. The first-order valence-electron chi connectivity index (χ1n) is 8.03. The highest BCUT2D eigenvalue weighted by Crippen LogP contribution is 2.34. The molecule has 0 aliphatic heterocycles. The van der Waals surface area contributed by atoms with Crippen LogP contribution in [-0.4, -0.2) is 27.7 Å². The molecule has 0 aliphatic rings. The average molecular weight is 392 g/mol. The van der Waals surface area contributed by atoms with Crippen molar-refractivity contribution in [2.45, 2.75) is 6.18 Å². The van der Waals surface area contributed by atoms with Crippen molar-refractivity contribution in [2.24, 2.45) is 7.05 Å². The van der Waals surface area contributed by atoms with Crippen LogP contribution >= 0.6 is 0 Å². The third-order valence-electron chi connectivity index (χ3n) is 4.47. The number of alkyl halides is 3. The molecule has 2 aromatic carbocycles. The molecule has 0 saturated heterocycles. The fraction of sp³-hybridized carbons (Fsp3) is 0.158. The largest absolute Gasteiger partial charge is 0.507 e. The van der Waals surface area contributed by atoms with Crippen molar-refractivity contribution in [1.29, 1.82) is 0 Å².